The van der Waals surface area contributed by atoms with Crippen molar-refractivity contribution in [2.45, 2.75) is 70.5 Å². The van der Waals surface area contributed by atoms with Crippen LogP contribution >= 0.6 is 0 Å². The van der Waals surface area contributed by atoms with E-state index in [9.17, 15) is 14.7 Å². The van der Waals surface area contributed by atoms with E-state index in [1.165, 1.54) is 5.56 Å². The van der Waals surface area contributed by atoms with Gasteiger partial charge in [0, 0.05) is 23.6 Å². The summed E-state index contributed by atoms with van der Waals surface area (Å²) in [6.45, 7) is 6.94. The van der Waals surface area contributed by atoms with E-state index < -0.39 is 5.97 Å². The van der Waals surface area contributed by atoms with Crippen molar-refractivity contribution in [2.75, 3.05) is 0 Å². The molecular weight excluding hydrogens is 476 g/mol. The molecule has 1 saturated heterocycles. The third kappa shape index (κ3) is 3.80. The molecule has 2 aliphatic heterocycles. The quantitative estimate of drug-likeness (QED) is 0.363. The Morgan fingerprint density at radius 1 is 1.13 bits per heavy atom. The van der Waals surface area contributed by atoms with Crippen LogP contribution in [0.4, 0.5) is 0 Å². The number of benzene rings is 3. The predicted molar refractivity (Wildman–Crippen MR) is 145 cm³/mol. The van der Waals surface area contributed by atoms with Crippen LogP contribution in [-0.4, -0.2) is 42.4 Å². The normalized spacial score (nSPS) is 20.9. The van der Waals surface area contributed by atoms with Gasteiger partial charge in [0.1, 0.15) is 5.52 Å². The molecule has 1 N–H and O–H groups in total. The molecule has 4 aromatic rings. The topological polar surface area (TPSA) is 88.3 Å². The molecule has 3 atom stereocenters. The summed E-state index contributed by atoms with van der Waals surface area (Å²) in [6, 6.07) is 19.9. The summed E-state index contributed by atoms with van der Waals surface area (Å²) >= 11 is 0. The van der Waals surface area contributed by atoms with Crippen molar-refractivity contribution in [3.63, 3.8) is 0 Å². The first-order valence-corrected chi connectivity index (χ1v) is 13.4. The molecule has 1 amide bonds. The van der Waals surface area contributed by atoms with E-state index in [2.05, 4.69) is 40.3 Å². The van der Waals surface area contributed by atoms with Crippen molar-refractivity contribution in [1.82, 2.24) is 19.9 Å². The molecule has 3 aromatic carbocycles. The molecule has 7 nitrogen and oxygen atoms in total. The van der Waals surface area contributed by atoms with Gasteiger partial charge in [-0.05, 0) is 86.1 Å². The Kier molecular flexibility index (Phi) is 5.82. The monoisotopic (exact) mass is 508 g/mol. The Morgan fingerprint density at radius 2 is 1.92 bits per heavy atom. The molecule has 0 spiro atoms. The van der Waals surface area contributed by atoms with Gasteiger partial charge >= 0.3 is 5.97 Å². The SMILES string of the molecule is CCn1nnc2c(C)c([C@H](CC(=O)O)c3ccc4c(c3)C3CC[C@@](C)(C4)N3C(=O)c3ccccc3)ccc21. The highest BCUT2D eigenvalue weighted by Crippen LogP contribution is 2.51. The van der Waals surface area contributed by atoms with Gasteiger partial charge in [0.15, 0.2) is 0 Å². The number of aliphatic carboxylic acids is 1. The summed E-state index contributed by atoms with van der Waals surface area (Å²) in [4.78, 5) is 27.8. The van der Waals surface area contributed by atoms with Gasteiger partial charge in [-0.1, -0.05) is 47.7 Å². The first-order valence-electron chi connectivity index (χ1n) is 13.4. The second-order valence-corrected chi connectivity index (χ2v) is 10.9. The van der Waals surface area contributed by atoms with Crippen LogP contribution in [0, 0.1) is 6.92 Å². The van der Waals surface area contributed by atoms with Gasteiger partial charge in [-0.2, -0.15) is 0 Å². The van der Waals surface area contributed by atoms with Crippen LogP contribution < -0.4 is 0 Å². The number of aromatic nitrogens is 3. The Balaban J connectivity index is 1.43. The second-order valence-electron chi connectivity index (χ2n) is 10.9. The summed E-state index contributed by atoms with van der Waals surface area (Å²) in [5.74, 6) is -1.12. The molecule has 0 radical (unpaired) electrons. The fourth-order valence-corrected chi connectivity index (χ4v) is 6.74. The Bertz CT molecular complexity index is 1560. The van der Waals surface area contributed by atoms with E-state index in [1.807, 2.05) is 61.0 Å². The van der Waals surface area contributed by atoms with E-state index in [-0.39, 0.29) is 29.8 Å². The molecule has 1 unspecified atom stereocenters. The Hall–Kier alpha value is -4.00. The van der Waals surface area contributed by atoms with Crippen molar-refractivity contribution < 1.29 is 14.7 Å². The largest absolute Gasteiger partial charge is 0.481 e. The van der Waals surface area contributed by atoms with E-state index in [0.29, 0.717) is 5.56 Å². The number of fused-ring (bicyclic) bond motifs is 5. The number of rotatable bonds is 6. The molecule has 194 valence electrons. The van der Waals surface area contributed by atoms with Crippen molar-refractivity contribution in [3.05, 3.63) is 94.0 Å². The summed E-state index contributed by atoms with van der Waals surface area (Å²) < 4.78 is 1.85. The van der Waals surface area contributed by atoms with Crippen LogP contribution in [0.25, 0.3) is 11.0 Å². The minimum absolute atomic E-state index is 0.0186. The molecule has 3 heterocycles. The number of carboxylic acid groups (broad SMARTS) is 1. The van der Waals surface area contributed by atoms with Crippen LogP contribution in [0.2, 0.25) is 0 Å². The second kappa shape index (κ2) is 9.08. The molecular formula is C31H32N4O3. The zero-order valence-corrected chi connectivity index (χ0v) is 22.0. The van der Waals surface area contributed by atoms with Gasteiger partial charge < -0.3 is 10.0 Å². The average Bonchev–Trinajstić information content (AvgIpc) is 3.45. The number of nitrogens with zero attached hydrogens (tertiary/aromatic N) is 4. The van der Waals surface area contributed by atoms with Crippen LogP contribution in [0.15, 0.2) is 60.7 Å². The molecule has 0 aliphatic carbocycles. The molecule has 6 rings (SSSR count). The number of hydrogen-bond acceptors (Lipinski definition) is 4. The van der Waals surface area contributed by atoms with Crippen molar-refractivity contribution in [1.29, 1.82) is 0 Å². The van der Waals surface area contributed by atoms with Crippen LogP contribution in [0.3, 0.4) is 0 Å². The van der Waals surface area contributed by atoms with Gasteiger partial charge in [-0.15, -0.1) is 5.10 Å². The maximum atomic E-state index is 13.7. The molecule has 0 saturated carbocycles. The van der Waals surface area contributed by atoms with Crippen LogP contribution in [0.1, 0.15) is 83.2 Å². The van der Waals surface area contributed by atoms with Crippen molar-refractivity contribution >= 4 is 22.9 Å². The smallest absolute Gasteiger partial charge is 0.304 e. The van der Waals surface area contributed by atoms with E-state index in [1.54, 1.807) is 0 Å². The maximum absolute atomic E-state index is 13.7. The number of hydrogen-bond donors (Lipinski definition) is 1. The summed E-state index contributed by atoms with van der Waals surface area (Å²) in [5.41, 5.74) is 7.51. The summed E-state index contributed by atoms with van der Waals surface area (Å²) in [5, 5.41) is 18.5. The average molecular weight is 509 g/mol. The molecule has 38 heavy (non-hydrogen) atoms. The van der Waals surface area contributed by atoms with Gasteiger partial charge in [0.2, 0.25) is 0 Å². The molecule has 2 bridgehead atoms. The maximum Gasteiger partial charge on any atom is 0.304 e. The van der Waals surface area contributed by atoms with Gasteiger partial charge in [-0.3, -0.25) is 9.59 Å². The van der Waals surface area contributed by atoms with Crippen LogP contribution in [0.5, 0.6) is 0 Å². The van der Waals surface area contributed by atoms with Crippen LogP contribution in [-0.2, 0) is 17.8 Å². The lowest BCUT2D eigenvalue weighted by atomic mass is 9.80. The predicted octanol–water partition coefficient (Wildman–Crippen LogP) is 5.66. The molecule has 2 aliphatic rings. The minimum atomic E-state index is -0.848. The fraction of sp³-hybridized carbons (Fsp3) is 0.355. The molecule has 1 aromatic heterocycles. The number of carboxylic acids is 1. The Morgan fingerprint density at radius 3 is 2.66 bits per heavy atom. The van der Waals surface area contributed by atoms with Gasteiger partial charge in [0.25, 0.3) is 5.91 Å². The standard InChI is InChI=1S/C31H32N4O3/c1-4-34-27-13-12-23(19(2)29(27)32-33-34)24(17-28(36)37)21-10-11-22-18-31(3)15-14-26(25(22)16-21)35(31)30(38)20-8-6-5-7-9-20/h5-13,16,24,26H,4,14-15,17-18H2,1-3H3,(H,36,37)/t24-,26?,31+/m1/s1. The Labute approximate surface area is 222 Å². The number of amides is 1. The third-order valence-electron chi connectivity index (χ3n) is 8.63. The summed E-state index contributed by atoms with van der Waals surface area (Å²) in [6.07, 6.45) is 2.62. The fourth-order valence-electron chi connectivity index (χ4n) is 6.74. The summed E-state index contributed by atoms with van der Waals surface area (Å²) in [7, 11) is 0. The lowest BCUT2D eigenvalue weighted by Gasteiger charge is -2.44. The minimum Gasteiger partial charge on any atom is -0.481 e. The third-order valence-corrected chi connectivity index (χ3v) is 8.63. The lowest BCUT2D eigenvalue weighted by molar-refractivity contribution is -0.137. The van der Waals surface area contributed by atoms with E-state index in [0.717, 1.165) is 59.1 Å². The number of aryl methyl sites for hydroxylation is 2. The molecule has 7 heteroatoms. The van der Waals surface area contributed by atoms with Gasteiger partial charge in [-0.25, -0.2) is 4.68 Å². The van der Waals surface area contributed by atoms with Crippen molar-refractivity contribution in [2.24, 2.45) is 0 Å². The van der Waals surface area contributed by atoms with Gasteiger partial charge in [0.05, 0.1) is 18.0 Å². The van der Waals surface area contributed by atoms with E-state index >= 15 is 0 Å². The highest BCUT2D eigenvalue weighted by Gasteiger charge is 2.50. The zero-order valence-electron chi connectivity index (χ0n) is 22.0. The molecule has 1 fully saturated rings. The first kappa shape index (κ1) is 24.3. The van der Waals surface area contributed by atoms with Crippen molar-refractivity contribution in [3.8, 4) is 0 Å². The highest BCUT2D eigenvalue weighted by atomic mass is 16.4. The lowest BCUT2D eigenvalue weighted by Crippen LogP contribution is -2.50. The number of carbonyl (C=O) groups is 2. The highest BCUT2D eigenvalue weighted by molar-refractivity contribution is 5.95. The zero-order chi connectivity index (χ0) is 26.6. The number of carbonyl (C=O) groups excluding carboxylic acids is 1. The van der Waals surface area contributed by atoms with E-state index in [4.69, 9.17) is 0 Å². The first-order chi connectivity index (χ1) is 18.3.